The number of piperidine rings is 1. The number of benzene rings is 1. The second-order valence-electron chi connectivity index (χ2n) is 5.67. The summed E-state index contributed by atoms with van der Waals surface area (Å²) in [4.78, 5) is 13.4. The molecule has 0 radical (unpaired) electrons. The minimum atomic E-state index is -0.727. The Bertz CT molecular complexity index is 549. The highest BCUT2D eigenvalue weighted by atomic mass is 35.5. The van der Waals surface area contributed by atoms with Crippen LogP contribution in [0.4, 0.5) is 0 Å². The molecule has 1 N–H and O–H groups in total. The summed E-state index contributed by atoms with van der Waals surface area (Å²) in [6.07, 6.45) is 1.61. The Balaban J connectivity index is 2.20. The summed E-state index contributed by atoms with van der Waals surface area (Å²) in [6.45, 7) is 3.26. The number of nitrogens with zero attached hydrogens (tertiary/aromatic N) is 1. The minimum Gasteiger partial charge on any atom is -0.493 e. The first kappa shape index (κ1) is 16.9. The third-order valence-electron chi connectivity index (χ3n) is 4.30. The topological polar surface area (TPSA) is 59.0 Å². The maximum atomic E-state index is 11.2. The van der Waals surface area contributed by atoms with E-state index in [9.17, 15) is 9.90 Å². The largest absolute Gasteiger partial charge is 0.493 e. The Morgan fingerprint density at radius 1 is 1.36 bits per heavy atom. The summed E-state index contributed by atoms with van der Waals surface area (Å²) in [5.74, 6) is 0.0675. The molecule has 2 atom stereocenters. The van der Waals surface area contributed by atoms with Gasteiger partial charge >= 0.3 is 5.97 Å². The predicted octanol–water partition coefficient (Wildman–Crippen LogP) is 3.04. The molecule has 2 rings (SSSR count). The zero-order chi connectivity index (χ0) is 16.3. The van der Waals surface area contributed by atoms with Crippen molar-refractivity contribution in [1.29, 1.82) is 0 Å². The fraction of sp³-hybridized carbons (Fsp3) is 0.562. The summed E-state index contributed by atoms with van der Waals surface area (Å²) in [6, 6.07) is 4.06. The SMILES string of the molecule is COc1ccc(CN2CC(C(=O)O)CCC2C)c(Cl)c1OC. The van der Waals surface area contributed by atoms with Crippen molar-refractivity contribution in [3.05, 3.63) is 22.7 Å². The van der Waals surface area contributed by atoms with Crippen LogP contribution in [0.1, 0.15) is 25.3 Å². The van der Waals surface area contributed by atoms with Gasteiger partial charge in [-0.2, -0.15) is 0 Å². The fourth-order valence-corrected chi connectivity index (χ4v) is 3.17. The number of halogens is 1. The number of rotatable bonds is 5. The van der Waals surface area contributed by atoms with Crippen LogP contribution < -0.4 is 9.47 Å². The second-order valence-corrected chi connectivity index (χ2v) is 6.04. The Hall–Kier alpha value is -1.46. The van der Waals surface area contributed by atoms with E-state index in [1.807, 2.05) is 12.1 Å². The average Bonchev–Trinajstić information content (AvgIpc) is 2.50. The van der Waals surface area contributed by atoms with Crippen molar-refractivity contribution in [3.63, 3.8) is 0 Å². The van der Waals surface area contributed by atoms with Crippen LogP contribution in [0.5, 0.6) is 11.5 Å². The quantitative estimate of drug-likeness (QED) is 0.900. The second kappa shape index (κ2) is 7.20. The van der Waals surface area contributed by atoms with Crippen molar-refractivity contribution in [1.82, 2.24) is 4.90 Å². The van der Waals surface area contributed by atoms with Crippen molar-refractivity contribution in [2.45, 2.75) is 32.4 Å². The van der Waals surface area contributed by atoms with E-state index >= 15 is 0 Å². The molecule has 1 aromatic carbocycles. The Labute approximate surface area is 135 Å². The lowest BCUT2D eigenvalue weighted by Crippen LogP contribution is -2.43. The average molecular weight is 328 g/mol. The number of carbonyl (C=O) groups is 1. The molecule has 2 unspecified atom stereocenters. The molecule has 1 saturated heterocycles. The molecule has 22 heavy (non-hydrogen) atoms. The number of hydrogen-bond donors (Lipinski definition) is 1. The molecule has 0 amide bonds. The van der Waals surface area contributed by atoms with E-state index in [4.69, 9.17) is 21.1 Å². The van der Waals surface area contributed by atoms with Crippen molar-refractivity contribution in [2.24, 2.45) is 5.92 Å². The zero-order valence-electron chi connectivity index (χ0n) is 13.1. The number of hydrogen-bond acceptors (Lipinski definition) is 4. The van der Waals surface area contributed by atoms with Crippen molar-refractivity contribution < 1.29 is 19.4 Å². The van der Waals surface area contributed by atoms with E-state index in [1.54, 1.807) is 14.2 Å². The first-order valence-electron chi connectivity index (χ1n) is 7.34. The molecule has 5 nitrogen and oxygen atoms in total. The third kappa shape index (κ3) is 3.47. The van der Waals surface area contributed by atoms with Gasteiger partial charge in [-0.15, -0.1) is 0 Å². The summed E-state index contributed by atoms with van der Waals surface area (Å²) in [7, 11) is 3.12. The number of aliphatic carboxylic acids is 1. The van der Waals surface area contributed by atoms with Gasteiger partial charge in [0.15, 0.2) is 11.5 Å². The molecular weight excluding hydrogens is 306 g/mol. The van der Waals surface area contributed by atoms with E-state index in [0.29, 0.717) is 35.7 Å². The van der Waals surface area contributed by atoms with Crippen LogP contribution in [-0.2, 0) is 11.3 Å². The molecule has 1 aromatic rings. The van der Waals surface area contributed by atoms with E-state index in [1.165, 1.54) is 0 Å². The van der Waals surface area contributed by atoms with Crippen molar-refractivity contribution in [2.75, 3.05) is 20.8 Å². The predicted molar refractivity (Wildman–Crippen MR) is 84.8 cm³/mol. The summed E-state index contributed by atoms with van der Waals surface area (Å²) in [5.41, 5.74) is 0.914. The molecular formula is C16H22ClNO4. The third-order valence-corrected chi connectivity index (χ3v) is 4.71. The molecule has 0 bridgehead atoms. The van der Waals surface area contributed by atoms with Gasteiger partial charge in [0.2, 0.25) is 0 Å². The Morgan fingerprint density at radius 3 is 2.68 bits per heavy atom. The number of carboxylic acid groups (broad SMARTS) is 1. The summed E-state index contributed by atoms with van der Waals surface area (Å²) in [5, 5.41) is 9.74. The number of carboxylic acids is 1. The lowest BCUT2D eigenvalue weighted by atomic mass is 9.93. The van der Waals surface area contributed by atoms with Crippen LogP contribution in [0.25, 0.3) is 0 Å². The minimum absolute atomic E-state index is 0.310. The van der Waals surface area contributed by atoms with Crippen LogP contribution in [0.3, 0.4) is 0 Å². The van der Waals surface area contributed by atoms with Gasteiger partial charge in [0, 0.05) is 19.1 Å². The van der Waals surface area contributed by atoms with Gasteiger partial charge in [-0.05, 0) is 31.4 Å². The molecule has 0 aliphatic carbocycles. The van der Waals surface area contributed by atoms with Gasteiger partial charge in [-0.25, -0.2) is 0 Å². The number of likely N-dealkylation sites (tertiary alicyclic amines) is 1. The van der Waals surface area contributed by atoms with E-state index in [-0.39, 0.29) is 5.92 Å². The Morgan fingerprint density at radius 2 is 2.09 bits per heavy atom. The maximum absolute atomic E-state index is 11.2. The molecule has 1 heterocycles. The van der Waals surface area contributed by atoms with Gasteiger partial charge in [0.05, 0.1) is 25.2 Å². The molecule has 1 aliphatic rings. The molecule has 1 aliphatic heterocycles. The highest BCUT2D eigenvalue weighted by Gasteiger charge is 2.30. The molecule has 1 fully saturated rings. The van der Waals surface area contributed by atoms with E-state index in [2.05, 4.69) is 11.8 Å². The molecule has 122 valence electrons. The monoisotopic (exact) mass is 327 g/mol. The standard InChI is InChI=1S/C16H22ClNO4/c1-10-4-5-12(16(19)20)9-18(10)8-11-6-7-13(21-2)15(22-3)14(11)17/h6-7,10,12H,4-5,8-9H2,1-3H3,(H,19,20). The first-order valence-corrected chi connectivity index (χ1v) is 7.72. The van der Waals surface area contributed by atoms with Crippen LogP contribution in [0.2, 0.25) is 5.02 Å². The summed E-state index contributed by atoms with van der Waals surface area (Å²) >= 11 is 6.41. The van der Waals surface area contributed by atoms with E-state index < -0.39 is 5.97 Å². The van der Waals surface area contributed by atoms with E-state index in [0.717, 1.165) is 18.4 Å². The smallest absolute Gasteiger partial charge is 0.307 e. The van der Waals surface area contributed by atoms with Gasteiger partial charge < -0.3 is 14.6 Å². The number of ether oxygens (including phenoxy) is 2. The van der Waals surface area contributed by atoms with Gasteiger partial charge in [-0.1, -0.05) is 17.7 Å². The van der Waals surface area contributed by atoms with Crippen LogP contribution in [-0.4, -0.2) is 42.8 Å². The normalized spacial score (nSPS) is 22.4. The van der Waals surface area contributed by atoms with Crippen molar-refractivity contribution >= 4 is 17.6 Å². The molecule has 0 aromatic heterocycles. The highest BCUT2D eigenvalue weighted by Crippen LogP contribution is 2.38. The van der Waals surface area contributed by atoms with Gasteiger partial charge in [0.1, 0.15) is 0 Å². The van der Waals surface area contributed by atoms with Crippen LogP contribution >= 0.6 is 11.6 Å². The Kier molecular flexibility index (Phi) is 5.53. The first-order chi connectivity index (χ1) is 10.5. The van der Waals surface area contributed by atoms with Gasteiger partial charge in [-0.3, -0.25) is 9.69 Å². The maximum Gasteiger partial charge on any atom is 0.307 e. The zero-order valence-corrected chi connectivity index (χ0v) is 13.9. The van der Waals surface area contributed by atoms with Crippen LogP contribution in [0.15, 0.2) is 12.1 Å². The highest BCUT2D eigenvalue weighted by molar-refractivity contribution is 6.33. The lowest BCUT2D eigenvalue weighted by molar-refractivity contribution is -0.144. The molecule has 0 spiro atoms. The van der Waals surface area contributed by atoms with Crippen LogP contribution in [0, 0.1) is 5.92 Å². The van der Waals surface area contributed by atoms with Crippen molar-refractivity contribution in [3.8, 4) is 11.5 Å². The molecule has 6 heteroatoms. The van der Waals surface area contributed by atoms with Gasteiger partial charge in [0.25, 0.3) is 0 Å². The number of methoxy groups -OCH3 is 2. The summed E-state index contributed by atoms with van der Waals surface area (Å²) < 4.78 is 10.5. The molecule has 0 saturated carbocycles. The lowest BCUT2D eigenvalue weighted by Gasteiger charge is -2.36. The fourth-order valence-electron chi connectivity index (χ4n) is 2.87.